The van der Waals surface area contributed by atoms with Crippen LogP contribution in [0.4, 0.5) is 0 Å². The number of nitrogens with one attached hydrogen (secondary N) is 1. The SMILES string of the molecule is CC(CCN)CCC(=O)N[C@H](C)c1ccccn1. The first-order valence-corrected chi connectivity index (χ1v) is 6.53. The zero-order valence-corrected chi connectivity index (χ0v) is 11.2. The number of carbonyl (C=O) groups is 1. The van der Waals surface area contributed by atoms with E-state index < -0.39 is 0 Å². The van der Waals surface area contributed by atoms with Crippen molar-refractivity contribution in [3.63, 3.8) is 0 Å². The van der Waals surface area contributed by atoms with Crippen molar-refractivity contribution in [1.82, 2.24) is 10.3 Å². The summed E-state index contributed by atoms with van der Waals surface area (Å²) in [6.07, 6.45) is 4.15. The van der Waals surface area contributed by atoms with Crippen LogP contribution >= 0.6 is 0 Å². The average molecular weight is 249 g/mol. The van der Waals surface area contributed by atoms with Crippen LogP contribution in [-0.2, 0) is 4.79 Å². The number of nitrogens with two attached hydrogens (primary N) is 1. The van der Waals surface area contributed by atoms with Crippen LogP contribution in [0.1, 0.15) is 44.8 Å². The van der Waals surface area contributed by atoms with Crippen LogP contribution in [0.5, 0.6) is 0 Å². The molecule has 4 heteroatoms. The van der Waals surface area contributed by atoms with Gasteiger partial charge in [0.1, 0.15) is 0 Å². The molecular weight excluding hydrogens is 226 g/mol. The number of carbonyl (C=O) groups excluding carboxylic acids is 1. The fraction of sp³-hybridized carbons (Fsp3) is 0.571. The Bertz CT molecular complexity index is 353. The summed E-state index contributed by atoms with van der Waals surface area (Å²) >= 11 is 0. The second-order valence-corrected chi connectivity index (χ2v) is 4.77. The van der Waals surface area contributed by atoms with E-state index in [4.69, 9.17) is 5.73 Å². The quantitative estimate of drug-likeness (QED) is 0.777. The van der Waals surface area contributed by atoms with Gasteiger partial charge in [0.25, 0.3) is 0 Å². The van der Waals surface area contributed by atoms with E-state index in [0.717, 1.165) is 18.5 Å². The van der Waals surface area contributed by atoms with E-state index in [9.17, 15) is 4.79 Å². The molecule has 0 fully saturated rings. The van der Waals surface area contributed by atoms with Gasteiger partial charge in [0.2, 0.25) is 5.91 Å². The van der Waals surface area contributed by atoms with Crippen molar-refractivity contribution in [3.8, 4) is 0 Å². The summed E-state index contributed by atoms with van der Waals surface area (Å²) in [6, 6.07) is 5.67. The molecule has 0 aliphatic carbocycles. The lowest BCUT2D eigenvalue weighted by Gasteiger charge is -2.14. The van der Waals surface area contributed by atoms with Crippen molar-refractivity contribution in [2.75, 3.05) is 6.54 Å². The lowest BCUT2D eigenvalue weighted by Crippen LogP contribution is -2.27. The highest BCUT2D eigenvalue weighted by Gasteiger charge is 2.11. The molecule has 2 atom stereocenters. The summed E-state index contributed by atoms with van der Waals surface area (Å²) in [5.74, 6) is 0.586. The smallest absolute Gasteiger partial charge is 0.220 e. The van der Waals surface area contributed by atoms with Gasteiger partial charge in [-0.2, -0.15) is 0 Å². The molecule has 1 aromatic heterocycles. The molecule has 1 rings (SSSR count). The van der Waals surface area contributed by atoms with E-state index >= 15 is 0 Å². The van der Waals surface area contributed by atoms with Crippen molar-refractivity contribution >= 4 is 5.91 Å². The van der Waals surface area contributed by atoms with E-state index in [0.29, 0.717) is 18.9 Å². The largest absolute Gasteiger partial charge is 0.348 e. The number of pyridine rings is 1. The summed E-state index contributed by atoms with van der Waals surface area (Å²) in [5, 5.41) is 2.96. The molecule has 100 valence electrons. The van der Waals surface area contributed by atoms with Crippen molar-refractivity contribution in [2.24, 2.45) is 11.7 Å². The zero-order valence-electron chi connectivity index (χ0n) is 11.2. The van der Waals surface area contributed by atoms with E-state index in [-0.39, 0.29) is 11.9 Å². The molecule has 0 saturated carbocycles. The van der Waals surface area contributed by atoms with Gasteiger partial charge in [-0.25, -0.2) is 0 Å². The number of hydrogen-bond donors (Lipinski definition) is 2. The van der Waals surface area contributed by atoms with Crippen LogP contribution in [0.2, 0.25) is 0 Å². The van der Waals surface area contributed by atoms with Crippen LogP contribution < -0.4 is 11.1 Å². The van der Waals surface area contributed by atoms with Gasteiger partial charge in [-0.3, -0.25) is 9.78 Å². The highest BCUT2D eigenvalue weighted by Crippen LogP contribution is 2.11. The average Bonchev–Trinajstić information content (AvgIpc) is 2.38. The van der Waals surface area contributed by atoms with Crippen molar-refractivity contribution in [3.05, 3.63) is 30.1 Å². The second kappa shape index (κ2) is 7.82. The van der Waals surface area contributed by atoms with Crippen LogP contribution in [0, 0.1) is 5.92 Å². The molecule has 0 spiro atoms. The number of rotatable bonds is 7. The number of aromatic nitrogens is 1. The van der Waals surface area contributed by atoms with Gasteiger partial charge in [-0.15, -0.1) is 0 Å². The van der Waals surface area contributed by atoms with Gasteiger partial charge in [-0.1, -0.05) is 13.0 Å². The molecule has 0 aliphatic rings. The Kier molecular flexibility index (Phi) is 6.36. The Balaban J connectivity index is 2.32. The molecule has 1 heterocycles. The predicted molar refractivity (Wildman–Crippen MR) is 72.9 cm³/mol. The lowest BCUT2D eigenvalue weighted by molar-refractivity contribution is -0.122. The topological polar surface area (TPSA) is 68.0 Å². The highest BCUT2D eigenvalue weighted by atomic mass is 16.1. The van der Waals surface area contributed by atoms with E-state index in [1.165, 1.54) is 0 Å². The third-order valence-corrected chi connectivity index (χ3v) is 3.03. The lowest BCUT2D eigenvalue weighted by atomic mass is 10.0. The third kappa shape index (κ3) is 5.27. The Hall–Kier alpha value is -1.42. The first-order chi connectivity index (χ1) is 8.63. The van der Waals surface area contributed by atoms with Crippen molar-refractivity contribution in [2.45, 2.75) is 39.2 Å². The normalized spacial score (nSPS) is 13.9. The van der Waals surface area contributed by atoms with Crippen LogP contribution in [0.3, 0.4) is 0 Å². The van der Waals surface area contributed by atoms with Crippen LogP contribution in [-0.4, -0.2) is 17.4 Å². The number of hydrogen-bond acceptors (Lipinski definition) is 3. The zero-order chi connectivity index (χ0) is 13.4. The summed E-state index contributed by atoms with van der Waals surface area (Å²) in [6.45, 7) is 4.76. The van der Waals surface area contributed by atoms with Crippen LogP contribution in [0.25, 0.3) is 0 Å². The fourth-order valence-corrected chi connectivity index (χ4v) is 1.83. The van der Waals surface area contributed by atoms with Crippen molar-refractivity contribution < 1.29 is 4.79 Å². The van der Waals surface area contributed by atoms with Gasteiger partial charge in [-0.05, 0) is 44.4 Å². The van der Waals surface area contributed by atoms with Crippen LogP contribution in [0.15, 0.2) is 24.4 Å². The Morgan fingerprint density at radius 2 is 2.17 bits per heavy atom. The number of nitrogens with zero attached hydrogens (tertiary/aromatic N) is 1. The maximum Gasteiger partial charge on any atom is 0.220 e. The Labute approximate surface area is 109 Å². The summed E-state index contributed by atoms with van der Waals surface area (Å²) < 4.78 is 0. The van der Waals surface area contributed by atoms with Crippen molar-refractivity contribution in [1.29, 1.82) is 0 Å². The van der Waals surface area contributed by atoms with Gasteiger partial charge < -0.3 is 11.1 Å². The predicted octanol–water partition coefficient (Wildman–Crippen LogP) is 2.02. The van der Waals surface area contributed by atoms with E-state index in [1.54, 1.807) is 6.20 Å². The maximum atomic E-state index is 11.8. The van der Waals surface area contributed by atoms with Gasteiger partial charge in [0, 0.05) is 12.6 Å². The minimum Gasteiger partial charge on any atom is -0.348 e. The minimum absolute atomic E-state index is 0.0384. The van der Waals surface area contributed by atoms with Gasteiger partial charge in [0.15, 0.2) is 0 Å². The van der Waals surface area contributed by atoms with E-state index in [2.05, 4.69) is 17.2 Å². The molecule has 0 bridgehead atoms. The molecular formula is C14H23N3O. The Morgan fingerprint density at radius 1 is 1.39 bits per heavy atom. The molecule has 1 unspecified atom stereocenters. The highest BCUT2D eigenvalue weighted by molar-refractivity contribution is 5.76. The van der Waals surface area contributed by atoms with Gasteiger partial charge in [0.05, 0.1) is 11.7 Å². The summed E-state index contributed by atoms with van der Waals surface area (Å²) in [5.41, 5.74) is 6.37. The fourth-order valence-electron chi connectivity index (χ4n) is 1.83. The first-order valence-electron chi connectivity index (χ1n) is 6.53. The molecule has 3 N–H and O–H groups in total. The minimum atomic E-state index is -0.0384. The third-order valence-electron chi connectivity index (χ3n) is 3.03. The molecule has 18 heavy (non-hydrogen) atoms. The first kappa shape index (κ1) is 14.6. The number of amides is 1. The summed E-state index contributed by atoms with van der Waals surface area (Å²) in [7, 11) is 0. The molecule has 0 saturated heterocycles. The maximum absolute atomic E-state index is 11.8. The van der Waals surface area contributed by atoms with Gasteiger partial charge >= 0.3 is 0 Å². The molecule has 0 aromatic carbocycles. The summed E-state index contributed by atoms with van der Waals surface area (Å²) in [4.78, 5) is 16.0. The standard InChI is InChI=1S/C14H23N3O/c1-11(8-9-15)6-7-14(18)17-12(2)13-5-3-4-10-16-13/h3-5,10-12H,6-9,15H2,1-2H3,(H,17,18)/t11?,12-/m1/s1. The molecule has 0 aliphatic heterocycles. The molecule has 4 nitrogen and oxygen atoms in total. The molecule has 1 amide bonds. The molecule has 0 radical (unpaired) electrons. The second-order valence-electron chi connectivity index (χ2n) is 4.77. The molecule has 1 aromatic rings. The monoisotopic (exact) mass is 249 g/mol. The Morgan fingerprint density at radius 3 is 2.78 bits per heavy atom. The van der Waals surface area contributed by atoms with E-state index in [1.807, 2.05) is 25.1 Å².